The third kappa shape index (κ3) is 6.33. The molecule has 0 radical (unpaired) electrons. The van der Waals surface area contributed by atoms with Crippen LogP contribution in [-0.4, -0.2) is 50.9 Å². The molecule has 0 spiro atoms. The van der Waals surface area contributed by atoms with Crippen molar-refractivity contribution in [1.82, 2.24) is 4.31 Å². The molecule has 1 saturated heterocycles. The number of sulfonamides is 1. The number of benzene rings is 2. The Kier molecular flexibility index (Phi) is 8.46. The molecule has 1 N–H and O–H groups in total. The Morgan fingerprint density at radius 1 is 1.06 bits per heavy atom. The molecule has 0 atom stereocenters. The molecule has 0 unspecified atom stereocenters. The quantitative estimate of drug-likeness (QED) is 0.556. The number of anilines is 1. The highest BCUT2D eigenvalue weighted by molar-refractivity contribution is 7.89. The third-order valence-electron chi connectivity index (χ3n) is 5.40. The lowest BCUT2D eigenvalue weighted by Crippen LogP contribution is -2.41. The number of hydrogen-bond donors (Lipinski definition) is 1. The molecule has 1 fully saturated rings. The van der Waals surface area contributed by atoms with Gasteiger partial charge < -0.3 is 14.8 Å². The standard InChI is InChI=1S/C24H30N2O6S/c1-3-16-32-21-7-5-6-20(17-21)25-23(27)18-12-14-26(15-13-18)33(29,30)22-10-8-19(9-11-22)24(28)31-4-2/h5-11,17-18H,3-4,12-16H2,1-2H3,(H,25,27). The molecule has 1 heterocycles. The van der Waals surface area contributed by atoms with Crippen molar-refractivity contribution in [2.75, 3.05) is 31.6 Å². The Labute approximate surface area is 194 Å². The lowest BCUT2D eigenvalue weighted by atomic mass is 9.97. The van der Waals surface area contributed by atoms with Crippen LogP contribution < -0.4 is 10.1 Å². The zero-order chi connectivity index (χ0) is 23.8. The van der Waals surface area contributed by atoms with E-state index in [9.17, 15) is 18.0 Å². The van der Waals surface area contributed by atoms with Gasteiger partial charge in [0.05, 0.1) is 23.7 Å². The lowest BCUT2D eigenvalue weighted by molar-refractivity contribution is -0.120. The molecule has 2 aromatic carbocycles. The summed E-state index contributed by atoms with van der Waals surface area (Å²) >= 11 is 0. The number of rotatable bonds is 9. The van der Waals surface area contributed by atoms with Gasteiger partial charge in [-0.3, -0.25) is 4.79 Å². The highest BCUT2D eigenvalue weighted by Gasteiger charge is 2.32. The smallest absolute Gasteiger partial charge is 0.338 e. The third-order valence-corrected chi connectivity index (χ3v) is 7.32. The summed E-state index contributed by atoms with van der Waals surface area (Å²) in [6, 6.07) is 13.0. The molecular formula is C24H30N2O6S. The zero-order valence-electron chi connectivity index (χ0n) is 19.0. The Hall–Kier alpha value is -2.91. The van der Waals surface area contributed by atoms with Crippen LogP contribution >= 0.6 is 0 Å². The van der Waals surface area contributed by atoms with E-state index < -0.39 is 16.0 Å². The Balaban J connectivity index is 1.57. The van der Waals surface area contributed by atoms with Gasteiger partial charge in [0.25, 0.3) is 0 Å². The van der Waals surface area contributed by atoms with E-state index in [1.807, 2.05) is 19.1 Å². The van der Waals surface area contributed by atoms with E-state index in [2.05, 4.69) is 5.32 Å². The minimum Gasteiger partial charge on any atom is -0.494 e. The number of esters is 1. The summed E-state index contributed by atoms with van der Waals surface area (Å²) in [4.78, 5) is 24.6. The van der Waals surface area contributed by atoms with Crippen LogP contribution in [-0.2, 0) is 19.6 Å². The molecule has 2 aromatic rings. The lowest BCUT2D eigenvalue weighted by Gasteiger charge is -2.30. The molecule has 3 rings (SSSR count). The number of piperidine rings is 1. The van der Waals surface area contributed by atoms with Gasteiger partial charge in [0.1, 0.15) is 5.75 Å². The molecule has 8 nitrogen and oxygen atoms in total. The number of carbonyl (C=O) groups excluding carboxylic acids is 2. The number of nitrogens with one attached hydrogen (secondary N) is 1. The van der Waals surface area contributed by atoms with E-state index >= 15 is 0 Å². The van der Waals surface area contributed by atoms with E-state index in [0.717, 1.165) is 6.42 Å². The van der Waals surface area contributed by atoms with Crippen molar-refractivity contribution in [1.29, 1.82) is 0 Å². The van der Waals surface area contributed by atoms with E-state index in [4.69, 9.17) is 9.47 Å². The summed E-state index contributed by atoms with van der Waals surface area (Å²) in [5, 5.41) is 2.91. The van der Waals surface area contributed by atoms with Crippen LogP contribution in [0.25, 0.3) is 0 Å². The normalized spacial score (nSPS) is 15.1. The number of carbonyl (C=O) groups is 2. The second-order valence-electron chi connectivity index (χ2n) is 7.79. The van der Waals surface area contributed by atoms with Crippen LogP contribution in [0.2, 0.25) is 0 Å². The van der Waals surface area contributed by atoms with Crippen LogP contribution in [0.4, 0.5) is 5.69 Å². The Morgan fingerprint density at radius 3 is 2.39 bits per heavy atom. The highest BCUT2D eigenvalue weighted by atomic mass is 32.2. The second kappa shape index (κ2) is 11.3. The molecule has 178 valence electrons. The average Bonchev–Trinajstić information content (AvgIpc) is 2.83. The molecular weight excluding hydrogens is 444 g/mol. The van der Waals surface area contributed by atoms with Gasteiger partial charge >= 0.3 is 5.97 Å². The van der Waals surface area contributed by atoms with Crippen molar-refractivity contribution in [3.63, 3.8) is 0 Å². The maximum Gasteiger partial charge on any atom is 0.338 e. The average molecular weight is 475 g/mol. The van der Waals surface area contributed by atoms with Crippen molar-refractivity contribution in [2.45, 2.75) is 38.0 Å². The van der Waals surface area contributed by atoms with E-state index in [-0.39, 0.29) is 36.4 Å². The summed E-state index contributed by atoms with van der Waals surface area (Å²) in [7, 11) is -3.71. The molecule has 9 heteroatoms. The SMILES string of the molecule is CCCOc1cccc(NC(=O)C2CCN(S(=O)(=O)c3ccc(C(=O)OCC)cc3)CC2)c1. The van der Waals surface area contributed by atoms with Gasteiger partial charge in [0.15, 0.2) is 0 Å². The van der Waals surface area contributed by atoms with E-state index in [1.165, 1.54) is 28.6 Å². The fraction of sp³-hybridized carbons (Fsp3) is 0.417. The first-order valence-electron chi connectivity index (χ1n) is 11.2. The number of ether oxygens (including phenoxy) is 2. The summed E-state index contributed by atoms with van der Waals surface area (Å²) < 4.78 is 37.9. The Bertz CT molecular complexity index is 1060. The molecule has 0 aromatic heterocycles. The van der Waals surface area contributed by atoms with Crippen LogP contribution in [0.3, 0.4) is 0 Å². The van der Waals surface area contributed by atoms with Crippen LogP contribution in [0, 0.1) is 5.92 Å². The maximum absolute atomic E-state index is 13.0. The molecule has 1 aliphatic rings. The van der Waals surface area contributed by atoms with Crippen molar-refractivity contribution in [3.05, 3.63) is 54.1 Å². The van der Waals surface area contributed by atoms with Crippen molar-refractivity contribution in [3.8, 4) is 5.75 Å². The second-order valence-corrected chi connectivity index (χ2v) is 9.73. The largest absolute Gasteiger partial charge is 0.494 e. The van der Waals surface area contributed by atoms with Gasteiger partial charge in [-0.25, -0.2) is 13.2 Å². The molecule has 33 heavy (non-hydrogen) atoms. The van der Waals surface area contributed by atoms with Crippen LogP contribution in [0.15, 0.2) is 53.4 Å². The maximum atomic E-state index is 13.0. The predicted octanol–water partition coefficient (Wildman–Crippen LogP) is 3.69. The molecule has 1 amide bonds. The van der Waals surface area contributed by atoms with Crippen molar-refractivity contribution < 1.29 is 27.5 Å². The minimum absolute atomic E-state index is 0.113. The van der Waals surface area contributed by atoms with Crippen molar-refractivity contribution in [2.24, 2.45) is 5.92 Å². The van der Waals surface area contributed by atoms with Gasteiger partial charge in [-0.1, -0.05) is 13.0 Å². The van der Waals surface area contributed by atoms with Gasteiger partial charge in [-0.05, 0) is 62.6 Å². The first-order valence-corrected chi connectivity index (χ1v) is 12.6. The molecule has 0 bridgehead atoms. The highest BCUT2D eigenvalue weighted by Crippen LogP contribution is 2.26. The van der Waals surface area contributed by atoms with Gasteiger partial charge in [-0.2, -0.15) is 4.31 Å². The van der Waals surface area contributed by atoms with Gasteiger partial charge in [0.2, 0.25) is 15.9 Å². The van der Waals surface area contributed by atoms with Gasteiger partial charge in [-0.15, -0.1) is 0 Å². The Morgan fingerprint density at radius 2 is 1.76 bits per heavy atom. The summed E-state index contributed by atoms with van der Waals surface area (Å²) in [5.74, 6) is -0.193. The summed E-state index contributed by atoms with van der Waals surface area (Å²) in [6.07, 6.45) is 1.75. The predicted molar refractivity (Wildman–Crippen MR) is 125 cm³/mol. The van der Waals surface area contributed by atoms with Gasteiger partial charge in [0, 0.05) is 30.8 Å². The van der Waals surface area contributed by atoms with Crippen LogP contribution in [0.1, 0.15) is 43.5 Å². The molecule has 0 aliphatic carbocycles. The topological polar surface area (TPSA) is 102 Å². The zero-order valence-corrected chi connectivity index (χ0v) is 19.8. The van der Waals surface area contributed by atoms with E-state index in [1.54, 1.807) is 19.1 Å². The monoisotopic (exact) mass is 474 g/mol. The fourth-order valence-corrected chi connectivity index (χ4v) is 5.08. The summed E-state index contributed by atoms with van der Waals surface area (Å²) in [6.45, 7) is 5.09. The number of amides is 1. The summed E-state index contributed by atoms with van der Waals surface area (Å²) in [5.41, 5.74) is 0.959. The first-order chi connectivity index (χ1) is 15.8. The first kappa shape index (κ1) is 24.7. The number of hydrogen-bond acceptors (Lipinski definition) is 6. The van der Waals surface area contributed by atoms with E-state index in [0.29, 0.717) is 36.4 Å². The molecule has 0 saturated carbocycles. The fourth-order valence-electron chi connectivity index (χ4n) is 3.61. The van der Waals surface area contributed by atoms with Crippen LogP contribution in [0.5, 0.6) is 5.75 Å². The number of nitrogens with zero attached hydrogens (tertiary/aromatic N) is 1. The minimum atomic E-state index is -3.71. The van der Waals surface area contributed by atoms with Crippen molar-refractivity contribution >= 4 is 27.6 Å². The molecule has 1 aliphatic heterocycles.